The summed E-state index contributed by atoms with van der Waals surface area (Å²) in [6.45, 7) is 0. The number of nitrogens with zero attached hydrogens (tertiary/aromatic N) is 1. The Labute approximate surface area is 124 Å². The monoisotopic (exact) mass is 367 g/mol. The summed E-state index contributed by atoms with van der Waals surface area (Å²) in [6.07, 6.45) is -5.90. The molecule has 1 aromatic carbocycles. The van der Waals surface area contributed by atoms with Crippen LogP contribution in [0.3, 0.4) is 0 Å². The first kappa shape index (κ1) is 17.9. The van der Waals surface area contributed by atoms with Gasteiger partial charge in [0, 0.05) is 0 Å². The maximum Gasteiger partial charge on any atom is 0.422 e. The summed E-state index contributed by atoms with van der Waals surface area (Å²) < 4.78 is 144. The smallest absolute Gasteiger partial charge is 0.203 e. The van der Waals surface area contributed by atoms with Crippen LogP contribution in [-0.4, -0.2) is 4.98 Å². The Hall–Kier alpha value is -2.40. The third-order valence-corrected chi connectivity index (χ3v) is 2.79. The minimum atomic E-state index is -5.90. The fraction of sp³-hybridized carbons (Fsp3) is 0.0833. The molecule has 1 nitrogen and oxygen atoms in total. The molecule has 130 valence electrons. The second kappa shape index (κ2) is 5.60. The van der Waals surface area contributed by atoms with Crippen LogP contribution < -0.4 is 0 Å². The molecule has 0 saturated heterocycles. The van der Waals surface area contributed by atoms with Crippen LogP contribution in [0.5, 0.6) is 0 Å². The van der Waals surface area contributed by atoms with Crippen LogP contribution in [0, 0.1) is 46.8 Å². The van der Waals surface area contributed by atoms with Gasteiger partial charge in [-0.05, 0) is 0 Å². The predicted octanol–water partition coefficient (Wildman–Crippen LogP) is 4.88. The molecule has 1 heterocycles. The van der Waals surface area contributed by atoms with Crippen LogP contribution in [0.2, 0.25) is 0 Å². The van der Waals surface area contributed by atoms with Crippen LogP contribution in [0.15, 0.2) is 0 Å². The Balaban J connectivity index is 3.00. The van der Waals surface area contributed by atoms with Crippen LogP contribution >= 0.6 is 0 Å². The van der Waals surface area contributed by atoms with Crippen LogP contribution in [0.25, 0.3) is 11.1 Å². The lowest BCUT2D eigenvalue weighted by molar-refractivity contribution is -0.143. The lowest BCUT2D eigenvalue weighted by Gasteiger charge is -2.15. The van der Waals surface area contributed by atoms with E-state index in [0.29, 0.717) is 0 Å². The standard InChI is InChI=1S/C12F11N/c13-4-1(2-6(15)10(19)24-11(20)7(2)16)5(14)9(18)3(8(4)17)12(21,22)23. The summed E-state index contributed by atoms with van der Waals surface area (Å²) in [7, 11) is 0. The molecule has 0 spiro atoms. The van der Waals surface area contributed by atoms with E-state index in [2.05, 4.69) is 0 Å². The van der Waals surface area contributed by atoms with Gasteiger partial charge in [-0.3, -0.25) is 0 Å². The van der Waals surface area contributed by atoms with E-state index in [1.165, 1.54) is 0 Å². The second-order valence-electron chi connectivity index (χ2n) is 4.20. The summed E-state index contributed by atoms with van der Waals surface area (Å²) in [4.78, 5) is 2.02. The van der Waals surface area contributed by atoms with Gasteiger partial charge >= 0.3 is 6.18 Å². The average molecular weight is 367 g/mol. The van der Waals surface area contributed by atoms with E-state index in [1.807, 2.05) is 4.98 Å². The first-order valence-electron chi connectivity index (χ1n) is 5.53. The molecule has 0 aliphatic heterocycles. The number of benzene rings is 1. The molecular formula is C12F11N. The molecule has 0 fully saturated rings. The van der Waals surface area contributed by atoms with Gasteiger partial charge in [-0.15, -0.1) is 0 Å². The van der Waals surface area contributed by atoms with Gasteiger partial charge in [0.15, 0.2) is 34.9 Å². The molecule has 2 rings (SSSR count). The highest BCUT2D eigenvalue weighted by molar-refractivity contribution is 5.67. The molecule has 0 N–H and O–H groups in total. The quantitative estimate of drug-likeness (QED) is 0.398. The summed E-state index contributed by atoms with van der Waals surface area (Å²) in [5.41, 5.74) is -7.70. The number of aromatic nitrogens is 1. The maximum absolute atomic E-state index is 13.7. The largest absolute Gasteiger partial charge is 0.422 e. The van der Waals surface area contributed by atoms with Gasteiger partial charge in [0.2, 0.25) is 0 Å². The molecule has 0 radical (unpaired) electrons. The van der Waals surface area contributed by atoms with E-state index in [0.717, 1.165) is 0 Å². The van der Waals surface area contributed by atoms with Gasteiger partial charge in [0.25, 0.3) is 11.9 Å². The number of rotatable bonds is 1. The fourth-order valence-electron chi connectivity index (χ4n) is 1.81. The molecule has 12 heteroatoms. The van der Waals surface area contributed by atoms with Crippen molar-refractivity contribution in [2.45, 2.75) is 6.18 Å². The van der Waals surface area contributed by atoms with Crippen molar-refractivity contribution in [1.82, 2.24) is 4.98 Å². The van der Waals surface area contributed by atoms with Crippen LogP contribution in [0.4, 0.5) is 48.3 Å². The van der Waals surface area contributed by atoms with E-state index in [9.17, 15) is 48.3 Å². The first-order chi connectivity index (χ1) is 10.9. The minimum Gasteiger partial charge on any atom is -0.203 e. The van der Waals surface area contributed by atoms with Crippen molar-refractivity contribution in [2.75, 3.05) is 0 Å². The summed E-state index contributed by atoms with van der Waals surface area (Å²) in [5, 5.41) is 0. The SMILES string of the molecule is Fc1nc(F)c(F)c(-c2c(F)c(F)c(C(F)(F)F)c(F)c2F)c1F. The van der Waals surface area contributed by atoms with Gasteiger partial charge in [-0.2, -0.15) is 26.9 Å². The van der Waals surface area contributed by atoms with Gasteiger partial charge in [-0.1, -0.05) is 0 Å². The number of pyridine rings is 1. The predicted molar refractivity (Wildman–Crippen MR) is 54.3 cm³/mol. The van der Waals surface area contributed by atoms with Crippen molar-refractivity contribution in [3.8, 4) is 11.1 Å². The molecule has 0 aliphatic carbocycles. The average Bonchev–Trinajstić information content (AvgIpc) is 2.45. The molecular weight excluding hydrogens is 367 g/mol. The van der Waals surface area contributed by atoms with E-state index in [-0.39, 0.29) is 0 Å². The summed E-state index contributed by atoms with van der Waals surface area (Å²) in [6, 6.07) is 0. The molecule has 24 heavy (non-hydrogen) atoms. The Bertz CT molecular complexity index is 785. The number of halogens is 11. The van der Waals surface area contributed by atoms with Crippen molar-refractivity contribution in [1.29, 1.82) is 0 Å². The van der Waals surface area contributed by atoms with E-state index < -0.39 is 69.7 Å². The zero-order chi connectivity index (χ0) is 18.6. The summed E-state index contributed by atoms with van der Waals surface area (Å²) in [5.74, 6) is -21.9. The highest BCUT2D eigenvalue weighted by atomic mass is 19.4. The Morgan fingerprint density at radius 2 is 0.833 bits per heavy atom. The molecule has 0 amide bonds. The molecule has 2 aromatic rings. The number of hydrogen-bond acceptors (Lipinski definition) is 1. The zero-order valence-corrected chi connectivity index (χ0v) is 10.6. The Kier molecular flexibility index (Phi) is 4.19. The molecule has 0 unspecified atom stereocenters. The van der Waals surface area contributed by atoms with Crippen molar-refractivity contribution >= 4 is 0 Å². The van der Waals surface area contributed by atoms with E-state index >= 15 is 0 Å². The maximum atomic E-state index is 13.7. The summed E-state index contributed by atoms with van der Waals surface area (Å²) >= 11 is 0. The molecule has 0 atom stereocenters. The van der Waals surface area contributed by atoms with Crippen molar-refractivity contribution in [2.24, 2.45) is 0 Å². The fourth-order valence-corrected chi connectivity index (χ4v) is 1.81. The number of hydrogen-bond donors (Lipinski definition) is 0. The Morgan fingerprint density at radius 1 is 0.500 bits per heavy atom. The third-order valence-electron chi connectivity index (χ3n) is 2.79. The van der Waals surface area contributed by atoms with Gasteiger partial charge < -0.3 is 0 Å². The molecule has 1 aromatic heterocycles. The van der Waals surface area contributed by atoms with E-state index in [1.54, 1.807) is 0 Å². The van der Waals surface area contributed by atoms with Crippen LogP contribution in [0.1, 0.15) is 5.56 Å². The first-order valence-corrected chi connectivity index (χ1v) is 5.53. The lowest BCUT2D eigenvalue weighted by atomic mass is 10.0. The third kappa shape index (κ3) is 2.55. The second-order valence-corrected chi connectivity index (χ2v) is 4.20. The zero-order valence-electron chi connectivity index (χ0n) is 10.6. The highest BCUT2D eigenvalue weighted by Crippen LogP contribution is 2.41. The van der Waals surface area contributed by atoms with Crippen molar-refractivity contribution in [3.63, 3.8) is 0 Å². The number of alkyl halides is 3. The van der Waals surface area contributed by atoms with E-state index in [4.69, 9.17) is 0 Å². The van der Waals surface area contributed by atoms with Gasteiger partial charge in [-0.25, -0.2) is 26.3 Å². The Morgan fingerprint density at radius 3 is 1.17 bits per heavy atom. The lowest BCUT2D eigenvalue weighted by Crippen LogP contribution is -2.17. The van der Waals surface area contributed by atoms with Gasteiger partial charge in [0.05, 0.1) is 11.1 Å². The molecule has 0 saturated carbocycles. The highest BCUT2D eigenvalue weighted by Gasteiger charge is 2.43. The topological polar surface area (TPSA) is 12.9 Å². The van der Waals surface area contributed by atoms with Gasteiger partial charge in [0.1, 0.15) is 5.56 Å². The van der Waals surface area contributed by atoms with Crippen molar-refractivity contribution < 1.29 is 48.3 Å². The normalized spacial score (nSPS) is 12.0. The minimum absolute atomic E-state index is 2.02. The van der Waals surface area contributed by atoms with Crippen molar-refractivity contribution in [3.05, 3.63) is 52.4 Å². The molecule has 0 bridgehead atoms. The van der Waals surface area contributed by atoms with Crippen LogP contribution in [-0.2, 0) is 6.18 Å². The molecule has 0 aliphatic rings.